The molecule has 0 aliphatic carbocycles. The molecule has 1 aromatic rings. The molecule has 1 heterocycles. The minimum atomic E-state index is 0.761. The molecule has 0 amide bonds. The van der Waals surface area contributed by atoms with Crippen LogP contribution in [-0.4, -0.2) is 26.8 Å². The van der Waals surface area contributed by atoms with Crippen molar-refractivity contribution < 1.29 is 4.74 Å². The van der Waals surface area contributed by atoms with Gasteiger partial charge in [0, 0.05) is 34.4 Å². The van der Waals surface area contributed by atoms with E-state index in [0.29, 0.717) is 0 Å². The Morgan fingerprint density at radius 3 is 2.94 bits per heavy atom. The molecule has 0 atom stereocenters. The highest BCUT2D eigenvalue weighted by molar-refractivity contribution is 9.10. The van der Waals surface area contributed by atoms with Gasteiger partial charge in [-0.1, -0.05) is 5.57 Å². The van der Waals surface area contributed by atoms with E-state index in [9.17, 15) is 0 Å². The van der Waals surface area contributed by atoms with Crippen molar-refractivity contribution in [1.29, 1.82) is 0 Å². The zero-order valence-electron chi connectivity index (χ0n) is 9.97. The molecule has 1 rings (SSSR count). The molecule has 0 saturated heterocycles. The molecule has 2 nitrogen and oxygen atoms in total. The first-order valence-corrected chi connectivity index (χ1v) is 6.87. The van der Waals surface area contributed by atoms with Gasteiger partial charge in [-0.05, 0) is 41.9 Å². The molecular weight excluding hydrogens is 286 g/mol. The van der Waals surface area contributed by atoms with Crippen molar-refractivity contribution in [3.63, 3.8) is 0 Å². The molecule has 16 heavy (non-hydrogen) atoms. The average molecular weight is 304 g/mol. The summed E-state index contributed by atoms with van der Waals surface area (Å²) in [5.41, 5.74) is 1.34. The highest BCUT2D eigenvalue weighted by atomic mass is 79.9. The molecule has 0 unspecified atom stereocenters. The molecule has 0 aromatic carbocycles. The van der Waals surface area contributed by atoms with Gasteiger partial charge < -0.3 is 10.1 Å². The van der Waals surface area contributed by atoms with E-state index >= 15 is 0 Å². The van der Waals surface area contributed by atoms with E-state index in [1.54, 1.807) is 7.11 Å². The van der Waals surface area contributed by atoms with Crippen molar-refractivity contribution in [3.8, 4) is 0 Å². The SMILES string of the molecule is COCCNCC(C)=Cc1cc(Br)c(C)s1. The Morgan fingerprint density at radius 2 is 2.38 bits per heavy atom. The predicted octanol–water partition coefficient (Wildman–Crippen LogP) is 3.46. The summed E-state index contributed by atoms with van der Waals surface area (Å²) in [6, 6.07) is 2.17. The lowest BCUT2D eigenvalue weighted by atomic mass is 10.2. The number of hydrogen-bond donors (Lipinski definition) is 1. The summed E-state index contributed by atoms with van der Waals surface area (Å²) >= 11 is 5.34. The average Bonchev–Trinajstić information content (AvgIpc) is 2.53. The molecular formula is C12H18BrNOS. The van der Waals surface area contributed by atoms with E-state index in [1.165, 1.54) is 19.8 Å². The van der Waals surface area contributed by atoms with Crippen molar-refractivity contribution in [2.75, 3.05) is 26.8 Å². The smallest absolute Gasteiger partial charge is 0.0587 e. The normalized spacial score (nSPS) is 12.1. The van der Waals surface area contributed by atoms with Crippen molar-refractivity contribution in [1.82, 2.24) is 5.32 Å². The Hall–Kier alpha value is -0.160. The zero-order chi connectivity index (χ0) is 12.0. The fraction of sp³-hybridized carbons (Fsp3) is 0.500. The molecule has 0 bridgehead atoms. The summed E-state index contributed by atoms with van der Waals surface area (Å²) in [7, 11) is 1.72. The van der Waals surface area contributed by atoms with Gasteiger partial charge in [0.15, 0.2) is 0 Å². The summed E-state index contributed by atoms with van der Waals surface area (Å²) in [5, 5.41) is 3.33. The largest absolute Gasteiger partial charge is 0.383 e. The molecule has 0 spiro atoms. The number of ether oxygens (including phenoxy) is 1. The first-order valence-electron chi connectivity index (χ1n) is 5.26. The van der Waals surface area contributed by atoms with Crippen LogP contribution < -0.4 is 5.32 Å². The zero-order valence-corrected chi connectivity index (χ0v) is 12.4. The lowest BCUT2D eigenvalue weighted by molar-refractivity contribution is 0.200. The number of thiophene rings is 1. The van der Waals surface area contributed by atoms with Crippen molar-refractivity contribution >= 4 is 33.3 Å². The van der Waals surface area contributed by atoms with E-state index in [4.69, 9.17) is 4.74 Å². The van der Waals surface area contributed by atoms with E-state index in [2.05, 4.69) is 47.2 Å². The lowest BCUT2D eigenvalue weighted by Crippen LogP contribution is -2.20. The third-order valence-electron chi connectivity index (χ3n) is 2.15. The van der Waals surface area contributed by atoms with Crippen LogP contribution in [0.15, 0.2) is 16.1 Å². The van der Waals surface area contributed by atoms with Gasteiger partial charge >= 0.3 is 0 Å². The van der Waals surface area contributed by atoms with Crippen molar-refractivity contribution in [3.05, 3.63) is 25.9 Å². The standard InChI is InChI=1S/C12H18BrNOS/c1-9(8-14-4-5-15-3)6-11-7-12(13)10(2)16-11/h6-7,14H,4-5,8H2,1-3H3. The topological polar surface area (TPSA) is 21.3 Å². The van der Waals surface area contributed by atoms with Crippen LogP contribution in [0.1, 0.15) is 16.7 Å². The molecule has 4 heteroatoms. The van der Waals surface area contributed by atoms with Gasteiger partial charge in [-0.15, -0.1) is 11.3 Å². The summed E-state index contributed by atoms with van der Waals surface area (Å²) < 4.78 is 6.17. The maximum atomic E-state index is 4.97. The Morgan fingerprint density at radius 1 is 1.62 bits per heavy atom. The highest BCUT2D eigenvalue weighted by Gasteiger charge is 2.00. The number of halogens is 1. The predicted molar refractivity (Wildman–Crippen MR) is 75.2 cm³/mol. The molecule has 1 N–H and O–H groups in total. The van der Waals surface area contributed by atoms with Gasteiger partial charge in [-0.3, -0.25) is 0 Å². The molecule has 0 fully saturated rings. The second-order valence-electron chi connectivity index (χ2n) is 3.71. The van der Waals surface area contributed by atoms with Crippen LogP contribution in [0.25, 0.3) is 6.08 Å². The number of methoxy groups -OCH3 is 1. The minimum absolute atomic E-state index is 0.761. The Balaban J connectivity index is 2.43. The first-order chi connectivity index (χ1) is 7.63. The molecule has 0 saturated carbocycles. The van der Waals surface area contributed by atoms with E-state index in [0.717, 1.165) is 19.7 Å². The van der Waals surface area contributed by atoms with Crippen LogP contribution in [0.2, 0.25) is 0 Å². The van der Waals surface area contributed by atoms with Gasteiger partial charge in [0.2, 0.25) is 0 Å². The number of rotatable bonds is 6. The van der Waals surface area contributed by atoms with Gasteiger partial charge in [-0.25, -0.2) is 0 Å². The van der Waals surface area contributed by atoms with E-state index in [-0.39, 0.29) is 0 Å². The van der Waals surface area contributed by atoms with Gasteiger partial charge in [0.25, 0.3) is 0 Å². The summed E-state index contributed by atoms with van der Waals surface area (Å²) in [4.78, 5) is 2.63. The van der Waals surface area contributed by atoms with Crippen LogP contribution in [0.3, 0.4) is 0 Å². The Bertz CT molecular complexity index is 340. The maximum absolute atomic E-state index is 4.97. The second-order valence-corrected chi connectivity index (χ2v) is 5.86. The summed E-state index contributed by atoms with van der Waals surface area (Å²) in [5.74, 6) is 0. The monoisotopic (exact) mass is 303 g/mol. The Labute approximate surface area is 110 Å². The van der Waals surface area contributed by atoms with Crippen LogP contribution in [0, 0.1) is 6.92 Å². The minimum Gasteiger partial charge on any atom is -0.383 e. The quantitative estimate of drug-likeness (QED) is 0.813. The van der Waals surface area contributed by atoms with Crippen LogP contribution in [0.4, 0.5) is 0 Å². The molecule has 90 valence electrons. The van der Waals surface area contributed by atoms with Crippen LogP contribution in [-0.2, 0) is 4.74 Å². The third kappa shape index (κ3) is 4.78. The van der Waals surface area contributed by atoms with Crippen molar-refractivity contribution in [2.24, 2.45) is 0 Å². The summed E-state index contributed by atoms with van der Waals surface area (Å²) in [6.45, 7) is 6.84. The number of aryl methyl sites for hydroxylation is 1. The number of hydrogen-bond acceptors (Lipinski definition) is 3. The third-order valence-corrected chi connectivity index (χ3v) is 4.24. The molecule has 1 aromatic heterocycles. The molecule has 0 radical (unpaired) electrons. The van der Waals surface area contributed by atoms with Gasteiger partial charge in [-0.2, -0.15) is 0 Å². The molecule has 0 aliphatic rings. The summed E-state index contributed by atoms with van der Waals surface area (Å²) in [6.07, 6.45) is 2.22. The number of nitrogens with one attached hydrogen (secondary N) is 1. The highest BCUT2D eigenvalue weighted by Crippen LogP contribution is 2.27. The van der Waals surface area contributed by atoms with E-state index in [1.807, 2.05) is 11.3 Å². The van der Waals surface area contributed by atoms with Gasteiger partial charge in [0.05, 0.1) is 6.61 Å². The van der Waals surface area contributed by atoms with E-state index < -0.39 is 0 Å². The maximum Gasteiger partial charge on any atom is 0.0587 e. The fourth-order valence-corrected chi connectivity index (χ4v) is 2.89. The van der Waals surface area contributed by atoms with Crippen molar-refractivity contribution in [2.45, 2.75) is 13.8 Å². The van der Waals surface area contributed by atoms with Crippen LogP contribution >= 0.6 is 27.3 Å². The Kier molecular flexibility index (Phi) is 6.28. The van der Waals surface area contributed by atoms with Gasteiger partial charge in [0.1, 0.15) is 0 Å². The fourth-order valence-electron chi connectivity index (χ4n) is 1.31. The second kappa shape index (κ2) is 7.22. The first kappa shape index (κ1) is 13.9. The van der Waals surface area contributed by atoms with Crippen LogP contribution in [0.5, 0.6) is 0 Å². The molecule has 0 aliphatic heterocycles. The lowest BCUT2D eigenvalue weighted by Gasteiger charge is -2.03.